The Morgan fingerprint density at radius 2 is 1.74 bits per heavy atom. The van der Waals surface area contributed by atoms with E-state index in [1.54, 1.807) is 31.4 Å². The van der Waals surface area contributed by atoms with Crippen LogP contribution in [0.25, 0.3) is 0 Å². The molecule has 2 aromatic rings. The van der Waals surface area contributed by atoms with Crippen molar-refractivity contribution in [3.05, 3.63) is 64.7 Å². The van der Waals surface area contributed by atoms with Crippen LogP contribution < -0.4 is 15.4 Å². The lowest BCUT2D eigenvalue weighted by Gasteiger charge is -2.20. The molecule has 144 valence electrons. The van der Waals surface area contributed by atoms with E-state index in [1.807, 2.05) is 38.1 Å². The molecule has 5 nitrogen and oxygen atoms in total. The summed E-state index contributed by atoms with van der Waals surface area (Å²) < 4.78 is 5.30. The summed E-state index contributed by atoms with van der Waals surface area (Å²) in [5.41, 5.74) is 1.34. The van der Waals surface area contributed by atoms with Crippen LogP contribution in [-0.4, -0.2) is 25.0 Å². The molecular weight excluding hydrogens is 364 g/mol. The molecule has 0 radical (unpaired) electrons. The second-order valence-corrected chi connectivity index (χ2v) is 7.13. The Bertz CT molecular complexity index is 775. The molecule has 1 atom stereocenters. The van der Waals surface area contributed by atoms with Gasteiger partial charge in [-0.3, -0.25) is 9.59 Å². The van der Waals surface area contributed by atoms with Crippen LogP contribution in [0.4, 0.5) is 0 Å². The molecule has 0 fully saturated rings. The van der Waals surface area contributed by atoms with Gasteiger partial charge in [0.25, 0.3) is 5.91 Å². The Balaban J connectivity index is 2.04. The van der Waals surface area contributed by atoms with E-state index in [2.05, 4.69) is 10.6 Å². The zero-order chi connectivity index (χ0) is 19.8. The topological polar surface area (TPSA) is 67.4 Å². The SMILES string of the molecule is COc1ccccc1CNC(=O)[C@H](CC(C)C)NC(=O)c1ccc(Cl)cc1. The predicted molar refractivity (Wildman–Crippen MR) is 107 cm³/mol. The second-order valence-electron chi connectivity index (χ2n) is 6.69. The number of hydrogen-bond donors (Lipinski definition) is 2. The van der Waals surface area contributed by atoms with E-state index in [9.17, 15) is 9.59 Å². The molecule has 2 aromatic carbocycles. The van der Waals surface area contributed by atoms with Gasteiger partial charge in [-0.1, -0.05) is 43.6 Å². The summed E-state index contributed by atoms with van der Waals surface area (Å²) in [6, 6.07) is 13.4. The standard InChI is InChI=1S/C21H25ClN2O3/c1-14(2)12-18(24-20(25)15-8-10-17(22)11-9-15)21(26)23-13-16-6-4-5-7-19(16)27-3/h4-11,14,18H,12-13H2,1-3H3,(H,23,26)(H,24,25)/t18-/m0/s1. The van der Waals surface area contributed by atoms with Crippen LogP contribution >= 0.6 is 11.6 Å². The molecular formula is C21H25ClN2O3. The fraction of sp³-hybridized carbons (Fsp3) is 0.333. The van der Waals surface area contributed by atoms with Crippen LogP contribution in [0.15, 0.2) is 48.5 Å². The monoisotopic (exact) mass is 388 g/mol. The molecule has 0 aliphatic carbocycles. The van der Waals surface area contributed by atoms with Crippen molar-refractivity contribution in [1.82, 2.24) is 10.6 Å². The van der Waals surface area contributed by atoms with Crippen LogP contribution in [0.1, 0.15) is 36.2 Å². The predicted octanol–water partition coefficient (Wildman–Crippen LogP) is 3.81. The van der Waals surface area contributed by atoms with E-state index in [1.165, 1.54) is 0 Å². The third-order valence-electron chi connectivity index (χ3n) is 4.08. The van der Waals surface area contributed by atoms with E-state index < -0.39 is 6.04 Å². The molecule has 6 heteroatoms. The normalized spacial score (nSPS) is 11.7. The number of hydrogen-bond acceptors (Lipinski definition) is 3. The van der Waals surface area contributed by atoms with Gasteiger partial charge in [-0.05, 0) is 42.7 Å². The number of amides is 2. The smallest absolute Gasteiger partial charge is 0.251 e. The molecule has 0 unspecified atom stereocenters. The van der Waals surface area contributed by atoms with Gasteiger partial charge in [0.05, 0.1) is 7.11 Å². The Morgan fingerprint density at radius 1 is 1.07 bits per heavy atom. The van der Waals surface area contributed by atoms with Crippen LogP contribution in [0, 0.1) is 5.92 Å². The molecule has 2 amide bonds. The fourth-order valence-electron chi connectivity index (χ4n) is 2.70. The number of benzene rings is 2. The lowest BCUT2D eigenvalue weighted by molar-refractivity contribution is -0.123. The van der Waals surface area contributed by atoms with Crippen LogP contribution in [0.2, 0.25) is 5.02 Å². The molecule has 0 heterocycles. The molecule has 0 aliphatic heterocycles. The average Bonchev–Trinajstić information content (AvgIpc) is 2.65. The largest absolute Gasteiger partial charge is 0.496 e. The first-order valence-corrected chi connectivity index (χ1v) is 9.24. The van der Waals surface area contributed by atoms with Crippen LogP contribution in [-0.2, 0) is 11.3 Å². The number of carbonyl (C=O) groups excluding carboxylic acids is 2. The number of para-hydroxylation sites is 1. The van der Waals surface area contributed by atoms with Crippen molar-refractivity contribution in [1.29, 1.82) is 0 Å². The summed E-state index contributed by atoms with van der Waals surface area (Å²) in [5.74, 6) is 0.433. The summed E-state index contributed by atoms with van der Waals surface area (Å²) in [6.45, 7) is 4.35. The van der Waals surface area contributed by atoms with Gasteiger partial charge in [-0.2, -0.15) is 0 Å². The van der Waals surface area contributed by atoms with Gasteiger partial charge < -0.3 is 15.4 Å². The zero-order valence-corrected chi connectivity index (χ0v) is 16.5. The lowest BCUT2D eigenvalue weighted by atomic mass is 10.0. The van der Waals surface area contributed by atoms with Crippen LogP contribution in [0.3, 0.4) is 0 Å². The number of methoxy groups -OCH3 is 1. The number of halogens is 1. The molecule has 0 bridgehead atoms. The number of ether oxygens (including phenoxy) is 1. The fourth-order valence-corrected chi connectivity index (χ4v) is 2.83. The summed E-state index contributed by atoms with van der Waals surface area (Å²) in [5, 5.41) is 6.27. The number of rotatable bonds is 8. The first-order chi connectivity index (χ1) is 12.9. The van der Waals surface area contributed by atoms with Gasteiger partial charge >= 0.3 is 0 Å². The third-order valence-corrected chi connectivity index (χ3v) is 4.33. The van der Waals surface area contributed by atoms with Gasteiger partial charge in [0.15, 0.2) is 0 Å². The summed E-state index contributed by atoms with van der Waals surface area (Å²) >= 11 is 5.86. The van der Waals surface area contributed by atoms with Gasteiger partial charge in [0.1, 0.15) is 11.8 Å². The summed E-state index contributed by atoms with van der Waals surface area (Å²) in [6.07, 6.45) is 0.539. The summed E-state index contributed by atoms with van der Waals surface area (Å²) in [4.78, 5) is 25.2. The molecule has 0 aromatic heterocycles. The van der Waals surface area contributed by atoms with Crippen molar-refractivity contribution in [2.45, 2.75) is 32.9 Å². The minimum atomic E-state index is -0.622. The van der Waals surface area contributed by atoms with Gasteiger partial charge in [-0.15, -0.1) is 0 Å². The molecule has 0 saturated carbocycles. The Hall–Kier alpha value is -2.53. The highest BCUT2D eigenvalue weighted by atomic mass is 35.5. The molecule has 0 aliphatic rings. The van der Waals surface area contributed by atoms with E-state index >= 15 is 0 Å². The maximum Gasteiger partial charge on any atom is 0.251 e. The quantitative estimate of drug-likeness (QED) is 0.722. The maximum atomic E-state index is 12.7. The Labute approximate surface area is 165 Å². The average molecular weight is 389 g/mol. The Kier molecular flexibility index (Phi) is 7.67. The third kappa shape index (κ3) is 6.29. The minimum Gasteiger partial charge on any atom is -0.496 e. The van der Waals surface area contributed by atoms with E-state index in [-0.39, 0.29) is 17.7 Å². The van der Waals surface area contributed by atoms with Crippen molar-refractivity contribution in [3.8, 4) is 5.75 Å². The molecule has 2 rings (SSSR count). The zero-order valence-electron chi connectivity index (χ0n) is 15.8. The Morgan fingerprint density at radius 3 is 2.37 bits per heavy atom. The highest BCUT2D eigenvalue weighted by molar-refractivity contribution is 6.30. The minimum absolute atomic E-state index is 0.225. The van der Waals surface area contributed by atoms with Crippen molar-refractivity contribution in [2.75, 3.05) is 7.11 Å². The molecule has 0 spiro atoms. The maximum absolute atomic E-state index is 12.7. The molecule has 27 heavy (non-hydrogen) atoms. The number of nitrogens with one attached hydrogen (secondary N) is 2. The molecule has 2 N–H and O–H groups in total. The highest BCUT2D eigenvalue weighted by Crippen LogP contribution is 2.17. The van der Waals surface area contributed by atoms with Crippen molar-refractivity contribution < 1.29 is 14.3 Å². The number of carbonyl (C=O) groups is 2. The lowest BCUT2D eigenvalue weighted by Crippen LogP contribution is -2.47. The first kappa shape index (κ1) is 20.8. The van der Waals surface area contributed by atoms with Gasteiger partial charge in [0, 0.05) is 22.7 Å². The van der Waals surface area contributed by atoms with E-state index in [0.29, 0.717) is 29.3 Å². The van der Waals surface area contributed by atoms with Gasteiger partial charge in [0.2, 0.25) is 5.91 Å². The molecule has 0 saturated heterocycles. The van der Waals surface area contributed by atoms with Crippen LogP contribution in [0.5, 0.6) is 5.75 Å². The van der Waals surface area contributed by atoms with Crippen molar-refractivity contribution in [3.63, 3.8) is 0 Å². The second kappa shape index (κ2) is 9.97. The van der Waals surface area contributed by atoms with Crippen molar-refractivity contribution >= 4 is 23.4 Å². The summed E-state index contributed by atoms with van der Waals surface area (Å²) in [7, 11) is 1.59. The first-order valence-electron chi connectivity index (χ1n) is 8.86. The van der Waals surface area contributed by atoms with E-state index in [4.69, 9.17) is 16.3 Å². The highest BCUT2D eigenvalue weighted by Gasteiger charge is 2.22. The van der Waals surface area contributed by atoms with E-state index in [0.717, 1.165) is 5.56 Å². The van der Waals surface area contributed by atoms with Crippen molar-refractivity contribution in [2.24, 2.45) is 5.92 Å². The van der Waals surface area contributed by atoms with Gasteiger partial charge in [-0.25, -0.2) is 0 Å².